The van der Waals surface area contributed by atoms with Crippen LogP contribution in [0.3, 0.4) is 0 Å². The minimum absolute atomic E-state index is 0.0560. The van der Waals surface area contributed by atoms with Crippen LogP contribution in [-0.4, -0.2) is 47.2 Å². The summed E-state index contributed by atoms with van der Waals surface area (Å²) in [5.41, 5.74) is 1.92. The maximum atomic E-state index is 12.5. The lowest BCUT2D eigenvalue weighted by Gasteiger charge is -2.32. The molecule has 2 aromatic rings. The number of amides is 3. The van der Waals surface area contributed by atoms with E-state index in [-0.39, 0.29) is 36.6 Å². The van der Waals surface area contributed by atoms with Gasteiger partial charge in [0.25, 0.3) is 0 Å². The molecule has 29 heavy (non-hydrogen) atoms. The molecule has 1 fully saturated rings. The number of hydrogen-bond donors (Lipinski definition) is 2. The minimum atomic E-state index is -0.282. The van der Waals surface area contributed by atoms with E-state index in [4.69, 9.17) is 0 Å². The van der Waals surface area contributed by atoms with Crippen LogP contribution in [-0.2, 0) is 20.8 Å². The Morgan fingerprint density at radius 3 is 2.66 bits per heavy atom. The fourth-order valence-corrected chi connectivity index (χ4v) is 3.32. The number of piperidine rings is 1. The number of nitrogens with zero attached hydrogens (tertiary/aromatic N) is 2. The first-order chi connectivity index (χ1) is 14.0. The van der Waals surface area contributed by atoms with Crippen LogP contribution < -0.4 is 10.6 Å². The van der Waals surface area contributed by atoms with E-state index in [1.165, 1.54) is 0 Å². The van der Waals surface area contributed by atoms with Crippen molar-refractivity contribution < 1.29 is 14.4 Å². The zero-order chi connectivity index (χ0) is 20.6. The van der Waals surface area contributed by atoms with Gasteiger partial charge in [-0.05, 0) is 37.0 Å². The normalized spacial score (nSPS) is 16.2. The second kappa shape index (κ2) is 9.82. The summed E-state index contributed by atoms with van der Waals surface area (Å²) < 4.78 is 0. The van der Waals surface area contributed by atoms with Crippen LogP contribution in [0.4, 0.5) is 5.82 Å². The van der Waals surface area contributed by atoms with Crippen molar-refractivity contribution in [2.24, 2.45) is 5.92 Å². The van der Waals surface area contributed by atoms with Gasteiger partial charge in [0.2, 0.25) is 17.7 Å². The molecule has 0 spiro atoms. The maximum absolute atomic E-state index is 12.5. The minimum Gasteiger partial charge on any atom is -0.347 e. The molecule has 3 rings (SSSR count). The van der Waals surface area contributed by atoms with Gasteiger partial charge in [0.05, 0.1) is 18.9 Å². The van der Waals surface area contributed by atoms with Gasteiger partial charge in [-0.25, -0.2) is 4.98 Å². The quantitative estimate of drug-likeness (QED) is 0.783. The topological polar surface area (TPSA) is 91.4 Å². The molecule has 1 aliphatic heterocycles. The number of carbonyl (C=O) groups excluding carboxylic acids is 3. The van der Waals surface area contributed by atoms with Crippen molar-refractivity contribution in [3.05, 3.63) is 59.8 Å². The summed E-state index contributed by atoms with van der Waals surface area (Å²) in [5.74, 6) is -0.265. The average molecular weight is 394 g/mol. The summed E-state index contributed by atoms with van der Waals surface area (Å²) in [5, 5.41) is 5.49. The summed E-state index contributed by atoms with van der Waals surface area (Å²) >= 11 is 0. The fraction of sp³-hybridized carbons (Fsp3) is 0.364. The molecule has 1 saturated heterocycles. The van der Waals surface area contributed by atoms with Crippen LogP contribution in [0.15, 0.2) is 48.7 Å². The first-order valence-corrected chi connectivity index (χ1v) is 9.83. The third-order valence-electron chi connectivity index (χ3n) is 4.95. The Kier molecular flexibility index (Phi) is 6.94. The second-order valence-corrected chi connectivity index (χ2v) is 7.33. The van der Waals surface area contributed by atoms with Gasteiger partial charge < -0.3 is 15.5 Å². The summed E-state index contributed by atoms with van der Waals surface area (Å²) in [6.45, 7) is 2.83. The monoisotopic (exact) mass is 394 g/mol. The Hall–Kier alpha value is -3.22. The van der Waals surface area contributed by atoms with E-state index in [2.05, 4.69) is 15.6 Å². The van der Waals surface area contributed by atoms with Gasteiger partial charge in [-0.1, -0.05) is 36.4 Å². The molecule has 3 amide bonds. The Morgan fingerprint density at radius 2 is 1.93 bits per heavy atom. The number of carbonyl (C=O) groups is 3. The number of benzene rings is 1. The Bertz CT molecular complexity index is 852. The summed E-state index contributed by atoms with van der Waals surface area (Å²) in [4.78, 5) is 42.9. The molecule has 0 saturated carbocycles. The molecule has 1 aromatic carbocycles. The Morgan fingerprint density at radius 1 is 1.14 bits per heavy atom. The number of anilines is 1. The van der Waals surface area contributed by atoms with E-state index >= 15 is 0 Å². The van der Waals surface area contributed by atoms with E-state index in [1.807, 2.05) is 43.3 Å². The van der Waals surface area contributed by atoms with Gasteiger partial charge in [-0.2, -0.15) is 0 Å². The van der Waals surface area contributed by atoms with Crippen molar-refractivity contribution in [1.82, 2.24) is 15.2 Å². The summed E-state index contributed by atoms with van der Waals surface area (Å²) in [7, 11) is 0. The van der Waals surface area contributed by atoms with Gasteiger partial charge in [-0.15, -0.1) is 0 Å². The zero-order valence-corrected chi connectivity index (χ0v) is 16.6. The molecule has 7 nitrogen and oxygen atoms in total. The number of pyridine rings is 1. The number of rotatable bonds is 6. The van der Waals surface area contributed by atoms with E-state index < -0.39 is 0 Å². The zero-order valence-electron chi connectivity index (χ0n) is 16.6. The molecule has 0 radical (unpaired) electrons. The number of aromatic nitrogens is 1. The second-order valence-electron chi connectivity index (χ2n) is 7.33. The summed E-state index contributed by atoms with van der Waals surface area (Å²) in [6, 6.07) is 13.0. The molecular weight excluding hydrogens is 368 g/mol. The molecule has 1 aliphatic rings. The van der Waals surface area contributed by atoms with E-state index in [0.717, 1.165) is 24.0 Å². The fourth-order valence-electron chi connectivity index (χ4n) is 3.32. The van der Waals surface area contributed by atoms with Gasteiger partial charge in [0.1, 0.15) is 5.82 Å². The standard InChI is InChI=1S/C22H26N4O3/c1-16-9-10-19(23-13-16)25-22(29)18-8-5-11-26(15-18)21(28)14-24-20(27)12-17-6-3-2-4-7-17/h2-4,6-7,9-10,13,18H,5,8,11-12,14-15H2,1H3,(H,24,27)(H,23,25,29). The molecule has 1 atom stereocenters. The lowest BCUT2D eigenvalue weighted by Crippen LogP contribution is -2.47. The molecule has 7 heteroatoms. The number of aryl methyl sites for hydroxylation is 1. The predicted octanol–water partition coefficient (Wildman–Crippen LogP) is 1.93. The van der Waals surface area contributed by atoms with Crippen LogP contribution >= 0.6 is 0 Å². The smallest absolute Gasteiger partial charge is 0.241 e. The first-order valence-electron chi connectivity index (χ1n) is 9.83. The van der Waals surface area contributed by atoms with Crippen molar-refractivity contribution in [3.8, 4) is 0 Å². The largest absolute Gasteiger partial charge is 0.347 e. The van der Waals surface area contributed by atoms with E-state index in [1.54, 1.807) is 17.2 Å². The number of likely N-dealkylation sites (tertiary alicyclic amines) is 1. The molecular formula is C22H26N4O3. The summed E-state index contributed by atoms with van der Waals surface area (Å²) in [6.07, 6.45) is 3.41. The third-order valence-corrected chi connectivity index (χ3v) is 4.95. The lowest BCUT2D eigenvalue weighted by atomic mass is 9.97. The van der Waals surface area contributed by atoms with Crippen molar-refractivity contribution in [2.45, 2.75) is 26.2 Å². The molecule has 0 aliphatic carbocycles. The van der Waals surface area contributed by atoms with Gasteiger partial charge >= 0.3 is 0 Å². The van der Waals surface area contributed by atoms with Crippen LogP contribution in [0.1, 0.15) is 24.0 Å². The first kappa shape index (κ1) is 20.5. The number of nitrogens with one attached hydrogen (secondary N) is 2. The van der Waals surface area contributed by atoms with Crippen molar-refractivity contribution >= 4 is 23.5 Å². The highest BCUT2D eigenvalue weighted by Gasteiger charge is 2.28. The van der Waals surface area contributed by atoms with Gasteiger partial charge in [0.15, 0.2) is 0 Å². The molecule has 2 heterocycles. The van der Waals surface area contributed by atoms with Crippen LogP contribution in [0.25, 0.3) is 0 Å². The Balaban J connectivity index is 1.46. The predicted molar refractivity (Wildman–Crippen MR) is 110 cm³/mol. The van der Waals surface area contributed by atoms with E-state index in [0.29, 0.717) is 18.9 Å². The highest BCUT2D eigenvalue weighted by molar-refractivity contribution is 5.92. The highest BCUT2D eigenvalue weighted by atomic mass is 16.2. The maximum Gasteiger partial charge on any atom is 0.241 e. The molecule has 1 aromatic heterocycles. The SMILES string of the molecule is Cc1ccc(NC(=O)C2CCCN(C(=O)CNC(=O)Cc3ccccc3)C2)nc1. The third kappa shape index (κ3) is 6.14. The van der Waals surface area contributed by atoms with Crippen molar-refractivity contribution in [3.63, 3.8) is 0 Å². The lowest BCUT2D eigenvalue weighted by molar-refractivity contribution is -0.135. The molecule has 1 unspecified atom stereocenters. The Labute approximate surface area is 170 Å². The van der Waals surface area contributed by atoms with Crippen molar-refractivity contribution in [1.29, 1.82) is 0 Å². The van der Waals surface area contributed by atoms with Crippen molar-refractivity contribution in [2.75, 3.05) is 25.0 Å². The molecule has 152 valence electrons. The average Bonchev–Trinajstić information content (AvgIpc) is 2.74. The van der Waals surface area contributed by atoms with Gasteiger partial charge in [0, 0.05) is 19.3 Å². The number of hydrogen-bond acceptors (Lipinski definition) is 4. The van der Waals surface area contributed by atoms with E-state index in [9.17, 15) is 14.4 Å². The van der Waals surface area contributed by atoms with Crippen LogP contribution in [0.5, 0.6) is 0 Å². The molecule has 0 bridgehead atoms. The van der Waals surface area contributed by atoms with Gasteiger partial charge in [-0.3, -0.25) is 14.4 Å². The highest BCUT2D eigenvalue weighted by Crippen LogP contribution is 2.18. The molecule has 2 N–H and O–H groups in total. The van der Waals surface area contributed by atoms with Crippen LogP contribution in [0, 0.1) is 12.8 Å². The van der Waals surface area contributed by atoms with Crippen LogP contribution in [0.2, 0.25) is 0 Å².